The Labute approximate surface area is 109 Å². The molecule has 3 fully saturated rings. The van der Waals surface area contributed by atoms with E-state index in [1.807, 2.05) is 0 Å². The topological polar surface area (TPSA) is 24.5 Å². The highest BCUT2D eigenvalue weighted by Gasteiger charge is 2.40. The van der Waals surface area contributed by atoms with Crippen molar-refractivity contribution in [2.45, 2.75) is 50.2 Å². The van der Waals surface area contributed by atoms with Gasteiger partial charge >= 0.3 is 0 Å². The summed E-state index contributed by atoms with van der Waals surface area (Å²) in [5, 5.41) is 2.45. The molecule has 0 amide bonds. The molecule has 0 aliphatic carbocycles. The fourth-order valence-electron chi connectivity index (χ4n) is 3.28. The molecule has 3 nitrogen and oxygen atoms in total. The molecular weight excluding hydrogens is 232 g/mol. The van der Waals surface area contributed by atoms with Crippen LogP contribution in [0.4, 0.5) is 0 Å². The largest absolute Gasteiger partial charge is 0.374 e. The van der Waals surface area contributed by atoms with Crippen LogP contribution in [0.5, 0.6) is 0 Å². The fourth-order valence-corrected chi connectivity index (χ4v) is 4.66. The van der Waals surface area contributed by atoms with E-state index in [2.05, 4.69) is 22.2 Å². The van der Waals surface area contributed by atoms with Crippen LogP contribution in [0, 0.1) is 0 Å². The van der Waals surface area contributed by atoms with Crippen LogP contribution in [-0.2, 0) is 4.74 Å². The number of hydrogen-bond acceptors (Lipinski definition) is 4. The number of nitrogens with zero attached hydrogens (tertiary/aromatic N) is 1. The molecule has 3 aliphatic rings. The third-order valence-corrected chi connectivity index (χ3v) is 5.50. The highest BCUT2D eigenvalue weighted by atomic mass is 32.2. The van der Waals surface area contributed by atoms with Gasteiger partial charge in [-0.1, -0.05) is 6.42 Å². The second-order valence-electron chi connectivity index (χ2n) is 5.70. The highest BCUT2D eigenvalue weighted by molar-refractivity contribution is 7.99. The number of piperidine rings is 1. The minimum absolute atomic E-state index is 0.219. The first-order chi connectivity index (χ1) is 8.36. The van der Waals surface area contributed by atoms with Crippen molar-refractivity contribution < 1.29 is 4.74 Å². The first-order valence-electron chi connectivity index (χ1n) is 7.09. The zero-order valence-corrected chi connectivity index (χ0v) is 11.4. The average molecular weight is 256 g/mol. The number of thioether (sulfide) groups is 1. The van der Waals surface area contributed by atoms with Gasteiger partial charge < -0.3 is 4.74 Å². The molecule has 2 unspecified atom stereocenters. The monoisotopic (exact) mass is 256 g/mol. The van der Waals surface area contributed by atoms with E-state index in [0.29, 0.717) is 6.04 Å². The number of nitrogens with one attached hydrogen (secondary N) is 1. The molecule has 4 heteroatoms. The molecule has 0 saturated carbocycles. The second kappa shape index (κ2) is 5.47. The van der Waals surface area contributed by atoms with Crippen LogP contribution < -0.4 is 5.43 Å². The van der Waals surface area contributed by atoms with E-state index >= 15 is 0 Å². The molecule has 2 atom stereocenters. The molecule has 1 spiro atoms. The van der Waals surface area contributed by atoms with E-state index < -0.39 is 0 Å². The van der Waals surface area contributed by atoms with Gasteiger partial charge in [-0.3, -0.25) is 5.43 Å². The Morgan fingerprint density at radius 3 is 2.88 bits per heavy atom. The summed E-state index contributed by atoms with van der Waals surface area (Å²) in [6.45, 7) is 3.42. The van der Waals surface area contributed by atoms with E-state index in [1.54, 1.807) is 0 Å². The molecule has 0 aromatic heterocycles. The maximum Gasteiger partial charge on any atom is 0.0795 e. The van der Waals surface area contributed by atoms with Gasteiger partial charge in [0.25, 0.3) is 0 Å². The van der Waals surface area contributed by atoms with Crippen molar-refractivity contribution in [1.29, 1.82) is 0 Å². The van der Waals surface area contributed by atoms with Crippen molar-refractivity contribution in [1.82, 2.24) is 10.4 Å². The van der Waals surface area contributed by atoms with E-state index in [9.17, 15) is 0 Å². The minimum atomic E-state index is 0.219. The first-order valence-corrected chi connectivity index (χ1v) is 8.25. The molecule has 3 saturated heterocycles. The number of rotatable bonds is 2. The lowest BCUT2D eigenvalue weighted by Crippen LogP contribution is -2.53. The van der Waals surface area contributed by atoms with Crippen LogP contribution in [0.1, 0.15) is 38.5 Å². The Kier molecular flexibility index (Phi) is 3.95. The molecule has 3 aliphatic heterocycles. The van der Waals surface area contributed by atoms with Gasteiger partial charge in [-0.15, -0.1) is 0 Å². The van der Waals surface area contributed by atoms with Gasteiger partial charge in [0.1, 0.15) is 0 Å². The van der Waals surface area contributed by atoms with Crippen LogP contribution in [0.15, 0.2) is 0 Å². The summed E-state index contributed by atoms with van der Waals surface area (Å²) in [5.41, 5.74) is 3.97. The van der Waals surface area contributed by atoms with E-state index in [0.717, 1.165) is 6.61 Å². The lowest BCUT2D eigenvalue weighted by atomic mass is 9.90. The Hall–Kier alpha value is 0.230. The number of hydrogen-bond donors (Lipinski definition) is 1. The van der Waals surface area contributed by atoms with Crippen molar-refractivity contribution in [3.05, 3.63) is 0 Å². The fraction of sp³-hybridized carbons (Fsp3) is 1.00. The van der Waals surface area contributed by atoms with Gasteiger partial charge in [0, 0.05) is 31.5 Å². The third kappa shape index (κ3) is 2.98. The molecule has 98 valence electrons. The Morgan fingerprint density at radius 1 is 1.24 bits per heavy atom. The smallest absolute Gasteiger partial charge is 0.0795 e. The molecule has 0 aromatic rings. The summed E-state index contributed by atoms with van der Waals surface area (Å²) in [4.78, 5) is 0. The quantitative estimate of drug-likeness (QED) is 0.817. The Bertz CT molecular complexity index is 250. The van der Waals surface area contributed by atoms with E-state index in [-0.39, 0.29) is 5.60 Å². The maximum atomic E-state index is 6.07. The van der Waals surface area contributed by atoms with Gasteiger partial charge in [0.15, 0.2) is 0 Å². The van der Waals surface area contributed by atoms with Crippen LogP contribution in [0.3, 0.4) is 0 Å². The van der Waals surface area contributed by atoms with Crippen molar-refractivity contribution in [2.24, 2.45) is 0 Å². The zero-order valence-electron chi connectivity index (χ0n) is 10.6. The van der Waals surface area contributed by atoms with Gasteiger partial charge in [0.05, 0.1) is 5.60 Å². The molecule has 3 heterocycles. The van der Waals surface area contributed by atoms with Crippen LogP contribution in [0.25, 0.3) is 0 Å². The van der Waals surface area contributed by atoms with Gasteiger partial charge in [-0.25, -0.2) is 5.01 Å². The maximum absolute atomic E-state index is 6.07. The van der Waals surface area contributed by atoms with Crippen molar-refractivity contribution >= 4 is 11.8 Å². The molecule has 0 bridgehead atoms. The van der Waals surface area contributed by atoms with Gasteiger partial charge in [0.2, 0.25) is 0 Å². The molecule has 0 radical (unpaired) electrons. The average Bonchev–Trinajstić information content (AvgIpc) is 2.79. The van der Waals surface area contributed by atoms with Crippen molar-refractivity contribution in [3.8, 4) is 0 Å². The number of ether oxygens (including phenoxy) is 1. The van der Waals surface area contributed by atoms with Crippen LogP contribution >= 0.6 is 11.8 Å². The summed E-state index contributed by atoms with van der Waals surface area (Å²) in [6.07, 6.45) is 7.79. The lowest BCUT2D eigenvalue weighted by Gasteiger charge is -2.41. The van der Waals surface area contributed by atoms with Crippen LogP contribution in [0.2, 0.25) is 0 Å². The van der Waals surface area contributed by atoms with Gasteiger partial charge in [-0.2, -0.15) is 11.8 Å². The van der Waals surface area contributed by atoms with Crippen LogP contribution in [-0.4, -0.2) is 47.9 Å². The normalized spacial score (nSPS) is 39.9. The SMILES string of the molecule is C1CCN(NC2CCOC3(CCSC3)C2)CC1. The third-order valence-electron chi connectivity index (χ3n) is 4.28. The predicted octanol–water partition coefficient (Wildman–Crippen LogP) is 2.03. The standard InChI is InChI=1S/C13H24N2OS/c1-2-6-15(7-3-1)14-12-4-8-16-13(10-12)5-9-17-11-13/h12,14H,1-11H2. The summed E-state index contributed by atoms with van der Waals surface area (Å²) in [7, 11) is 0. The van der Waals surface area contributed by atoms with Crippen molar-refractivity contribution in [2.75, 3.05) is 31.2 Å². The minimum Gasteiger partial charge on any atom is -0.374 e. The summed E-state index contributed by atoms with van der Waals surface area (Å²) >= 11 is 2.06. The lowest BCUT2D eigenvalue weighted by molar-refractivity contribution is -0.0806. The molecular formula is C13H24N2OS. The molecule has 17 heavy (non-hydrogen) atoms. The second-order valence-corrected chi connectivity index (χ2v) is 6.81. The summed E-state index contributed by atoms with van der Waals surface area (Å²) in [6, 6.07) is 0.653. The van der Waals surface area contributed by atoms with Crippen molar-refractivity contribution in [3.63, 3.8) is 0 Å². The molecule has 0 aromatic carbocycles. The summed E-state index contributed by atoms with van der Waals surface area (Å²) < 4.78 is 6.07. The first kappa shape index (κ1) is 12.3. The van der Waals surface area contributed by atoms with Gasteiger partial charge in [-0.05, 0) is 37.9 Å². The molecule has 1 N–H and O–H groups in total. The molecule has 3 rings (SSSR count). The Morgan fingerprint density at radius 2 is 2.12 bits per heavy atom. The van der Waals surface area contributed by atoms with E-state index in [1.165, 1.54) is 63.1 Å². The Balaban J connectivity index is 1.52. The summed E-state index contributed by atoms with van der Waals surface area (Å²) in [5.74, 6) is 2.50. The predicted molar refractivity (Wildman–Crippen MR) is 72.2 cm³/mol. The number of hydrazine groups is 1. The highest BCUT2D eigenvalue weighted by Crippen LogP contribution is 2.38. The zero-order chi connectivity index (χ0) is 11.6. The van der Waals surface area contributed by atoms with E-state index in [4.69, 9.17) is 4.74 Å².